The Kier molecular flexibility index (Phi) is 4.02. The highest BCUT2D eigenvalue weighted by molar-refractivity contribution is 5.91. The van der Waals surface area contributed by atoms with Crippen molar-refractivity contribution in [3.05, 3.63) is 35.9 Å². The molecule has 2 rings (SSSR count). The van der Waals surface area contributed by atoms with Gasteiger partial charge in [0.1, 0.15) is 6.54 Å². The van der Waals surface area contributed by atoms with Gasteiger partial charge in [-0.2, -0.15) is 0 Å². The second kappa shape index (κ2) is 5.73. The van der Waals surface area contributed by atoms with E-state index in [1.807, 2.05) is 61.9 Å². The van der Waals surface area contributed by atoms with Crippen molar-refractivity contribution >= 4 is 17.5 Å². The molecule has 1 amide bonds. The van der Waals surface area contributed by atoms with E-state index >= 15 is 0 Å². The number of aromatic nitrogens is 3. The number of hydrogen-bond donors (Lipinski definition) is 1. The van der Waals surface area contributed by atoms with E-state index in [0.717, 1.165) is 11.4 Å². The molecule has 0 aliphatic carbocycles. The smallest absolute Gasteiger partial charge is 0.244 e. The van der Waals surface area contributed by atoms with Crippen LogP contribution in [0.15, 0.2) is 24.5 Å². The molecule has 0 spiro atoms. The zero-order chi connectivity index (χ0) is 14.7. The van der Waals surface area contributed by atoms with Crippen LogP contribution in [0, 0.1) is 13.8 Å². The van der Waals surface area contributed by atoms with Gasteiger partial charge in [0, 0.05) is 26.5 Å². The molecule has 2 aromatic heterocycles. The quantitative estimate of drug-likeness (QED) is 0.919. The summed E-state index contributed by atoms with van der Waals surface area (Å²) >= 11 is 0. The van der Waals surface area contributed by atoms with Crippen LogP contribution in [0.2, 0.25) is 0 Å². The van der Waals surface area contributed by atoms with Gasteiger partial charge in [-0.15, -0.1) is 0 Å². The third-order valence-corrected chi connectivity index (χ3v) is 2.92. The Balaban J connectivity index is 2.15. The third-order valence-electron chi connectivity index (χ3n) is 2.92. The minimum atomic E-state index is -0.0893. The fraction of sp³-hybridized carbons (Fsp3) is 0.357. The van der Waals surface area contributed by atoms with Crippen LogP contribution >= 0.6 is 0 Å². The number of aryl methyl sites for hydroxylation is 2. The first-order valence-corrected chi connectivity index (χ1v) is 6.40. The van der Waals surface area contributed by atoms with Gasteiger partial charge in [-0.25, -0.2) is 9.97 Å². The Bertz CT molecular complexity index is 581. The Morgan fingerprint density at radius 3 is 2.25 bits per heavy atom. The Labute approximate surface area is 118 Å². The molecule has 2 aromatic rings. The first-order valence-electron chi connectivity index (χ1n) is 6.40. The van der Waals surface area contributed by atoms with Crippen molar-refractivity contribution in [2.24, 2.45) is 0 Å². The number of rotatable bonds is 4. The predicted molar refractivity (Wildman–Crippen MR) is 78.9 cm³/mol. The Morgan fingerprint density at radius 2 is 1.75 bits per heavy atom. The molecule has 0 saturated heterocycles. The second-order valence-corrected chi connectivity index (χ2v) is 4.87. The van der Waals surface area contributed by atoms with Crippen LogP contribution < -0.4 is 10.2 Å². The van der Waals surface area contributed by atoms with E-state index < -0.39 is 0 Å². The summed E-state index contributed by atoms with van der Waals surface area (Å²) in [5, 5.41) is 2.88. The van der Waals surface area contributed by atoms with Gasteiger partial charge >= 0.3 is 0 Å². The highest BCUT2D eigenvalue weighted by atomic mass is 16.1. The normalized spacial score (nSPS) is 10.4. The molecule has 0 saturated carbocycles. The summed E-state index contributed by atoms with van der Waals surface area (Å²) in [6.07, 6.45) is 3.70. The Hall–Kier alpha value is -2.37. The van der Waals surface area contributed by atoms with Crippen LogP contribution in [0.4, 0.5) is 11.6 Å². The maximum absolute atomic E-state index is 12.0. The summed E-state index contributed by atoms with van der Waals surface area (Å²) in [4.78, 5) is 22.6. The molecule has 1 N–H and O–H groups in total. The highest BCUT2D eigenvalue weighted by Crippen LogP contribution is 2.19. The maximum Gasteiger partial charge on any atom is 0.244 e. The molecule has 0 aromatic carbocycles. The van der Waals surface area contributed by atoms with Crippen molar-refractivity contribution < 1.29 is 4.79 Å². The fourth-order valence-corrected chi connectivity index (χ4v) is 1.90. The van der Waals surface area contributed by atoms with Crippen LogP contribution in [0.3, 0.4) is 0 Å². The molecule has 0 aliphatic rings. The van der Waals surface area contributed by atoms with Crippen molar-refractivity contribution in [2.45, 2.75) is 20.4 Å². The number of anilines is 2. The SMILES string of the molecule is Cc1nc(N(C)C)nc(C)c1NC(=O)Cn1cccc1. The number of nitrogens with one attached hydrogen (secondary N) is 1. The van der Waals surface area contributed by atoms with Crippen LogP contribution in [0.25, 0.3) is 0 Å². The predicted octanol–water partition coefficient (Wildman–Crippen LogP) is 1.60. The van der Waals surface area contributed by atoms with Crippen LogP contribution in [0.1, 0.15) is 11.4 Å². The average molecular weight is 273 g/mol. The van der Waals surface area contributed by atoms with E-state index in [1.165, 1.54) is 0 Å². The van der Waals surface area contributed by atoms with Gasteiger partial charge < -0.3 is 14.8 Å². The summed E-state index contributed by atoms with van der Waals surface area (Å²) in [7, 11) is 3.77. The lowest BCUT2D eigenvalue weighted by atomic mass is 10.3. The molecular formula is C14H19N5O. The van der Waals surface area contributed by atoms with E-state index in [-0.39, 0.29) is 12.5 Å². The van der Waals surface area contributed by atoms with Gasteiger partial charge in [-0.05, 0) is 26.0 Å². The summed E-state index contributed by atoms with van der Waals surface area (Å²) in [5.41, 5.74) is 2.22. The first kappa shape index (κ1) is 14.0. The molecule has 0 bridgehead atoms. The van der Waals surface area contributed by atoms with E-state index in [0.29, 0.717) is 11.6 Å². The number of carbonyl (C=O) groups excluding carboxylic acids is 1. The van der Waals surface area contributed by atoms with E-state index in [2.05, 4.69) is 15.3 Å². The molecule has 2 heterocycles. The van der Waals surface area contributed by atoms with Gasteiger partial charge in [-0.3, -0.25) is 4.79 Å². The van der Waals surface area contributed by atoms with E-state index in [1.54, 1.807) is 0 Å². The number of carbonyl (C=O) groups is 1. The lowest BCUT2D eigenvalue weighted by Gasteiger charge is -2.15. The third kappa shape index (κ3) is 3.14. The van der Waals surface area contributed by atoms with Crippen molar-refractivity contribution in [3.63, 3.8) is 0 Å². The van der Waals surface area contributed by atoms with Crippen LogP contribution in [0.5, 0.6) is 0 Å². The van der Waals surface area contributed by atoms with Crippen molar-refractivity contribution in [2.75, 3.05) is 24.3 Å². The summed E-state index contributed by atoms with van der Waals surface area (Å²) in [6, 6.07) is 3.78. The molecule has 0 fully saturated rings. The minimum Gasteiger partial charge on any atom is -0.347 e. The van der Waals surface area contributed by atoms with Crippen LogP contribution in [-0.2, 0) is 11.3 Å². The van der Waals surface area contributed by atoms with Crippen molar-refractivity contribution in [1.82, 2.24) is 14.5 Å². The van der Waals surface area contributed by atoms with Gasteiger partial charge in [0.2, 0.25) is 11.9 Å². The zero-order valence-corrected chi connectivity index (χ0v) is 12.2. The minimum absolute atomic E-state index is 0.0893. The molecule has 0 unspecified atom stereocenters. The summed E-state index contributed by atoms with van der Waals surface area (Å²) in [5.74, 6) is 0.553. The van der Waals surface area contributed by atoms with Crippen LogP contribution in [-0.4, -0.2) is 34.5 Å². The monoisotopic (exact) mass is 273 g/mol. The molecular weight excluding hydrogens is 254 g/mol. The summed E-state index contributed by atoms with van der Waals surface area (Å²) < 4.78 is 1.81. The van der Waals surface area contributed by atoms with Gasteiger partial charge in [0.25, 0.3) is 0 Å². The molecule has 6 nitrogen and oxygen atoms in total. The lowest BCUT2D eigenvalue weighted by Crippen LogP contribution is -2.21. The Morgan fingerprint density at radius 1 is 1.20 bits per heavy atom. The molecule has 106 valence electrons. The number of amides is 1. The second-order valence-electron chi connectivity index (χ2n) is 4.87. The van der Waals surface area contributed by atoms with Crippen molar-refractivity contribution in [1.29, 1.82) is 0 Å². The molecule has 20 heavy (non-hydrogen) atoms. The molecule has 0 radical (unpaired) electrons. The summed E-state index contributed by atoms with van der Waals surface area (Å²) in [6.45, 7) is 4.02. The molecule has 0 aliphatic heterocycles. The average Bonchev–Trinajstić information content (AvgIpc) is 2.86. The zero-order valence-electron chi connectivity index (χ0n) is 12.2. The van der Waals surface area contributed by atoms with Crippen molar-refractivity contribution in [3.8, 4) is 0 Å². The highest BCUT2D eigenvalue weighted by Gasteiger charge is 2.12. The van der Waals surface area contributed by atoms with Gasteiger partial charge in [0.15, 0.2) is 0 Å². The maximum atomic E-state index is 12.0. The fourth-order valence-electron chi connectivity index (χ4n) is 1.90. The van der Waals surface area contributed by atoms with E-state index in [4.69, 9.17) is 0 Å². The van der Waals surface area contributed by atoms with E-state index in [9.17, 15) is 4.79 Å². The topological polar surface area (TPSA) is 63.1 Å². The molecule has 6 heteroatoms. The molecule has 0 atom stereocenters. The number of nitrogens with zero attached hydrogens (tertiary/aromatic N) is 4. The van der Waals surface area contributed by atoms with Gasteiger partial charge in [-0.1, -0.05) is 0 Å². The number of hydrogen-bond acceptors (Lipinski definition) is 4. The van der Waals surface area contributed by atoms with Gasteiger partial charge in [0.05, 0.1) is 17.1 Å². The standard InChI is InChI=1S/C14H19N5O/c1-10-13(11(2)16-14(15-10)18(3)4)17-12(20)9-19-7-5-6-8-19/h5-8H,9H2,1-4H3,(H,17,20). The largest absolute Gasteiger partial charge is 0.347 e. The lowest BCUT2D eigenvalue weighted by molar-refractivity contribution is -0.116. The first-order chi connectivity index (χ1) is 9.47.